The highest BCUT2D eigenvalue weighted by Crippen LogP contribution is 2.04. The van der Waals surface area contributed by atoms with Crippen molar-refractivity contribution >= 4 is 12.0 Å². The van der Waals surface area contributed by atoms with Crippen LogP contribution in [0.2, 0.25) is 0 Å². The van der Waals surface area contributed by atoms with Gasteiger partial charge in [-0.3, -0.25) is 4.79 Å². The van der Waals surface area contributed by atoms with Crippen LogP contribution in [0.15, 0.2) is 78.6 Å². The maximum Gasteiger partial charge on any atom is 0.286 e. The number of nitrogens with one attached hydrogen (secondary N) is 1. The lowest BCUT2D eigenvalue weighted by atomic mass is 10.2. The molecule has 0 unspecified atom stereocenters. The molecule has 3 nitrogen and oxygen atoms in total. The zero-order chi connectivity index (χ0) is 15.6. The Morgan fingerprint density at radius 1 is 1.05 bits per heavy atom. The Morgan fingerprint density at radius 2 is 1.68 bits per heavy atom. The lowest BCUT2D eigenvalue weighted by Gasteiger charge is -2.07. The van der Waals surface area contributed by atoms with Crippen LogP contribution in [0, 0.1) is 0 Å². The van der Waals surface area contributed by atoms with Gasteiger partial charge in [0, 0.05) is 6.54 Å². The van der Waals surface area contributed by atoms with Crippen molar-refractivity contribution < 1.29 is 9.53 Å². The second-order valence-electron chi connectivity index (χ2n) is 4.67. The van der Waals surface area contributed by atoms with Gasteiger partial charge >= 0.3 is 0 Å². The molecule has 0 aromatic heterocycles. The average Bonchev–Trinajstić information content (AvgIpc) is 2.58. The van der Waals surface area contributed by atoms with Crippen molar-refractivity contribution in [2.24, 2.45) is 0 Å². The van der Waals surface area contributed by atoms with Gasteiger partial charge in [-0.25, -0.2) is 0 Å². The lowest BCUT2D eigenvalue weighted by Crippen LogP contribution is -2.25. The number of carbonyl (C=O) groups is 1. The molecule has 2 aromatic rings. The molecule has 3 heteroatoms. The van der Waals surface area contributed by atoms with Crippen molar-refractivity contribution in [3.63, 3.8) is 0 Å². The molecule has 0 aliphatic carbocycles. The molecule has 112 valence electrons. The van der Waals surface area contributed by atoms with E-state index in [-0.39, 0.29) is 11.7 Å². The Balaban J connectivity index is 1.93. The molecule has 0 heterocycles. The van der Waals surface area contributed by atoms with E-state index in [1.165, 1.54) is 7.11 Å². The molecular weight excluding hydrogens is 274 g/mol. The normalized spacial score (nSPS) is 11.4. The predicted octanol–water partition coefficient (Wildman–Crippen LogP) is 3.55. The molecule has 0 saturated heterocycles. The zero-order valence-electron chi connectivity index (χ0n) is 12.5. The number of amides is 1. The van der Waals surface area contributed by atoms with Gasteiger partial charge in [0.2, 0.25) is 0 Å². The Hall–Kier alpha value is -2.81. The lowest BCUT2D eigenvalue weighted by molar-refractivity contribution is -0.120. The van der Waals surface area contributed by atoms with E-state index in [4.69, 9.17) is 4.74 Å². The van der Waals surface area contributed by atoms with Crippen LogP contribution in [0.4, 0.5) is 0 Å². The minimum atomic E-state index is -0.232. The van der Waals surface area contributed by atoms with Crippen LogP contribution in [0.3, 0.4) is 0 Å². The number of methoxy groups -OCH3 is 1. The first-order chi connectivity index (χ1) is 10.8. The van der Waals surface area contributed by atoms with Crippen molar-refractivity contribution in [2.45, 2.75) is 6.54 Å². The summed E-state index contributed by atoms with van der Waals surface area (Å²) in [6.07, 6.45) is 5.38. The molecule has 0 atom stereocenters. The van der Waals surface area contributed by atoms with Crippen molar-refractivity contribution in [1.29, 1.82) is 0 Å². The Morgan fingerprint density at radius 3 is 2.32 bits per heavy atom. The highest BCUT2D eigenvalue weighted by atomic mass is 16.5. The molecule has 1 amide bonds. The third kappa shape index (κ3) is 4.94. The number of benzene rings is 2. The fourth-order valence-electron chi connectivity index (χ4n) is 1.91. The quantitative estimate of drug-likeness (QED) is 0.502. The fourth-order valence-corrected chi connectivity index (χ4v) is 1.91. The van der Waals surface area contributed by atoms with Crippen LogP contribution >= 0.6 is 0 Å². The first-order valence-electron chi connectivity index (χ1n) is 7.09. The summed E-state index contributed by atoms with van der Waals surface area (Å²) in [5.74, 6) is 0.0483. The first-order valence-corrected chi connectivity index (χ1v) is 7.09. The molecule has 0 spiro atoms. The van der Waals surface area contributed by atoms with Gasteiger partial charge in [-0.15, -0.1) is 0 Å². The summed E-state index contributed by atoms with van der Waals surface area (Å²) in [4.78, 5) is 12.1. The van der Waals surface area contributed by atoms with Gasteiger partial charge in [-0.1, -0.05) is 72.8 Å². The summed E-state index contributed by atoms with van der Waals surface area (Å²) in [7, 11) is 1.49. The van der Waals surface area contributed by atoms with Gasteiger partial charge < -0.3 is 10.1 Å². The van der Waals surface area contributed by atoms with Crippen LogP contribution in [0.25, 0.3) is 6.08 Å². The maximum absolute atomic E-state index is 12.1. The van der Waals surface area contributed by atoms with E-state index in [0.29, 0.717) is 6.54 Å². The van der Waals surface area contributed by atoms with Gasteiger partial charge in [-0.2, -0.15) is 0 Å². The SMILES string of the molecule is CO/C(=C/C=C/c1ccccc1)C(=O)NCc1ccccc1. The monoisotopic (exact) mass is 293 g/mol. The number of rotatable bonds is 6. The topological polar surface area (TPSA) is 38.3 Å². The number of hydrogen-bond acceptors (Lipinski definition) is 2. The summed E-state index contributed by atoms with van der Waals surface area (Å²) in [5.41, 5.74) is 2.12. The highest BCUT2D eigenvalue weighted by Gasteiger charge is 2.07. The summed E-state index contributed by atoms with van der Waals surface area (Å²) >= 11 is 0. The molecule has 0 radical (unpaired) electrons. The van der Waals surface area contributed by atoms with Crippen molar-refractivity contribution in [2.75, 3.05) is 7.11 Å². The molecular formula is C19H19NO2. The number of hydrogen-bond donors (Lipinski definition) is 1. The van der Waals surface area contributed by atoms with E-state index in [1.807, 2.05) is 66.7 Å². The van der Waals surface area contributed by atoms with Crippen LogP contribution in [0.1, 0.15) is 11.1 Å². The van der Waals surface area contributed by atoms with E-state index >= 15 is 0 Å². The standard InChI is InChI=1S/C19H19NO2/c1-22-18(14-8-13-16-9-4-2-5-10-16)19(21)20-15-17-11-6-3-7-12-17/h2-14H,15H2,1H3,(H,20,21)/b13-8+,18-14+. The molecule has 0 saturated carbocycles. The minimum Gasteiger partial charge on any atom is -0.491 e. The molecule has 0 aliphatic heterocycles. The van der Waals surface area contributed by atoms with Crippen LogP contribution in [-0.2, 0) is 16.1 Å². The second kappa shape index (κ2) is 8.47. The van der Waals surface area contributed by atoms with E-state index in [9.17, 15) is 4.79 Å². The molecule has 0 fully saturated rings. The van der Waals surface area contributed by atoms with Crippen molar-refractivity contribution in [1.82, 2.24) is 5.32 Å². The zero-order valence-corrected chi connectivity index (χ0v) is 12.5. The van der Waals surface area contributed by atoms with Crippen LogP contribution < -0.4 is 5.32 Å². The molecule has 2 aromatic carbocycles. The maximum atomic E-state index is 12.1. The van der Waals surface area contributed by atoms with Crippen molar-refractivity contribution in [3.8, 4) is 0 Å². The predicted molar refractivity (Wildman–Crippen MR) is 88.9 cm³/mol. The third-order valence-electron chi connectivity index (χ3n) is 3.08. The first kappa shape index (κ1) is 15.6. The number of ether oxygens (including phenoxy) is 1. The van der Waals surface area contributed by atoms with Crippen molar-refractivity contribution in [3.05, 3.63) is 89.7 Å². The van der Waals surface area contributed by atoms with Gasteiger partial charge in [-0.05, 0) is 17.2 Å². The molecule has 0 aliphatic rings. The Kier molecular flexibility index (Phi) is 6.00. The van der Waals surface area contributed by atoms with Gasteiger partial charge in [0.25, 0.3) is 5.91 Å². The van der Waals surface area contributed by atoms with Crippen LogP contribution in [0.5, 0.6) is 0 Å². The Bertz CT molecular complexity index is 646. The van der Waals surface area contributed by atoms with Gasteiger partial charge in [0.15, 0.2) is 5.76 Å². The fraction of sp³-hybridized carbons (Fsp3) is 0.105. The highest BCUT2D eigenvalue weighted by molar-refractivity contribution is 5.91. The van der Waals surface area contributed by atoms with Gasteiger partial charge in [0.1, 0.15) is 0 Å². The third-order valence-corrected chi connectivity index (χ3v) is 3.08. The summed E-state index contributed by atoms with van der Waals surface area (Å²) in [6, 6.07) is 19.6. The van der Waals surface area contributed by atoms with E-state index in [2.05, 4.69) is 5.32 Å². The second-order valence-corrected chi connectivity index (χ2v) is 4.67. The molecule has 1 N–H and O–H groups in total. The minimum absolute atomic E-state index is 0.232. The average molecular weight is 293 g/mol. The largest absolute Gasteiger partial charge is 0.491 e. The number of carbonyl (C=O) groups excluding carboxylic acids is 1. The van der Waals surface area contributed by atoms with Gasteiger partial charge in [0.05, 0.1) is 7.11 Å². The van der Waals surface area contributed by atoms with E-state index in [0.717, 1.165) is 11.1 Å². The Labute approximate surface area is 130 Å². The molecule has 22 heavy (non-hydrogen) atoms. The van der Waals surface area contributed by atoms with E-state index < -0.39 is 0 Å². The summed E-state index contributed by atoms with van der Waals surface area (Å²) in [5, 5.41) is 2.83. The number of allylic oxidation sites excluding steroid dienone is 2. The van der Waals surface area contributed by atoms with Crippen LogP contribution in [-0.4, -0.2) is 13.0 Å². The molecule has 2 rings (SSSR count). The molecule has 0 bridgehead atoms. The summed E-state index contributed by atoms with van der Waals surface area (Å²) in [6.45, 7) is 0.475. The summed E-state index contributed by atoms with van der Waals surface area (Å²) < 4.78 is 5.14. The van der Waals surface area contributed by atoms with E-state index in [1.54, 1.807) is 12.2 Å². The smallest absolute Gasteiger partial charge is 0.286 e.